The molecular weight excluding hydrogens is 663 g/mol. The van der Waals surface area contributed by atoms with Crippen molar-refractivity contribution in [2.75, 3.05) is 0 Å². The average molecular weight is 698 g/mol. The Morgan fingerprint density at radius 1 is 0.255 bits per heavy atom. The highest BCUT2D eigenvalue weighted by atomic mass is 15.0. The van der Waals surface area contributed by atoms with Crippen LogP contribution in [0.1, 0.15) is 0 Å². The first-order valence-corrected chi connectivity index (χ1v) is 19.0. The summed E-state index contributed by atoms with van der Waals surface area (Å²) in [5, 5.41) is 10.1. The molecule has 0 aliphatic heterocycles. The number of rotatable bonds is 5. The first kappa shape index (κ1) is 31.3. The van der Waals surface area contributed by atoms with Gasteiger partial charge < -0.3 is 4.57 Å². The highest BCUT2D eigenvalue weighted by Crippen LogP contribution is 2.46. The lowest BCUT2D eigenvalue weighted by molar-refractivity contribution is 1.19. The SMILES string of the molecule is c1ccc(-c2ccc3c(-c4ccc(-c5cc6c7ccccc7n(-c7ccccc7)c6c6ccccc56)cc4)c4ccccc4c(-c4ccccc4)c3c2)cc1. The zero-order valence-corrected chi connectivity index (χ0v) is 30.2. The Balaban J connectivity index is 1.14. The number of benzene rings is 10. The third-order valence-electron chi connectivity index (χ3n) is 11.4. The summed E-state index contributed by atoms with van der Waals surface area (Å²) in [6, 6.07) is 77.7. The topological polar surface area (TPSA) is 4.93 Å². The monoisotopic (exact) mass is 697 g/mol. The van der Waals surface area contributed by atoms with Crippen molar-refractivity contribution < 1.29 is 0 Å². The van der Waals surface area contributed by atoms with E-state index in [2.05, 4.69) is 217 Å². The van der Waals surface area contributed by atoms with E-state index < -0.39 is 0 Å². The summed E-state index contributed by atoms with van der Waals surface area (Å²) in [7, 11) is 0. The second-order valence-corrected chi connectivity index (χ2v) is 14.4. The number of hydrogen-bond donors (Lipinski definition) is 0. The summed E-state index contributed by atoms with van der Waals surface area (Å²) >= 11 is 0. The van der Waals surface area contributed by atoms with Gasteiger partial charge in [0.1, 0.15) is 0 Å². The van der Waals surface area contributed by atoms with Gasteiger partial charge in [0.05, 0.1) is 11.0 Å². The quantitative estimate of drug-likeness (QED) is 0.158. The number of hydrogen-bond acceptors (Lipinski definition) is 0. The molecule has 0 atom stereocenters. The molecule has 1 heteroatoms. The molecule has 0 fully saturated rings. The zero-order valence-electron chi connectivity index (χ0n) is 30.2. The molecule has 0 radical (unpaired) electrons. The van der Waals surface area contributed by atoms with Gasteiger partial charge in [0.25, 0.3) is 0 Å². The van der Waals surface area contributed by atoms with Crippen LogP contribution in [0, 0.1) is 0 Å². The van der Waals surface area contributed by atoms with Crippen LogP contribution in [0.3, 0.4) is 0 Å². The lowest BCUT2D eigenvalue weighted by Gasteiger charge is -2.19. The van der Waals surface area contributed by atoms with Gasteiger partial charge in [-0.05, 0) is 102 Å². The van der Waals surface area contributed by atoms with E-state index >= 15 is 0 Å². The van der Waals surface area contributed by atoms with Crippen molar-refractivity contribution in [1.29, 1.82) is 0 Å². The first-order valence-electron chi connectivity index (χ1n) is 19.0. The summed E-state index contributed by atoms with van der Waals surface area (Å²) in [5.74, 6) is 0. The Kier molecular flexibility index (Phi) is 7.25. The molecule has 0 aliphatic rings. The fraction of sp³-hybridized carbons (Fsp3) is 0. The molecule has 0 N–H and O–H groups in total. The van der Waals surface area contributed by atoms with Gasteiger partial charge in [0.15, 0.2) is 0 Å². The van der Waals surface area contributed by atoms with Crippen LogP contribution in [0.5, 0.6) is 0 Å². The summed E-state index contributed by atoms with van der Waals surface area (Å²) < 4.78 is 2.43. The number of aromatic nitrogens is 1. The van der Waals surface area contributed by atoms with E-state index in [0.29, 0.717) is 0 Å². The van der Waals surface area contributed by atoms with Gasteiger partial charge in [0.2, 0.25) is 0 Å². The number of nitrogens with zero attached hydrogens (tertiary/aromatic N) is 1. The van der Waals surface area contributed by atoms with Gasteiger partial charge in [0, 0.05) is 21.8 Å². The van der Waals surface area contributed by atoms with Crippen molar-refractivity contribution in [1.82, 2.24) is 4.57 Å². The average Bonchev–Trinajstić information content (AvgIpc) is 3.60. The Labute approximate surface area is 320 Å². The normalized spacial score (nSPS) is 11.6. The Hall–Kier alpha value is -7.22. The first-order chi connectivity index (χ1) is 27.3. The minimum Gasteiger partial charge on any atom is -0.309 e. The van der Waals surface area contributed by atoms with Crippen LogP contribution in [0.2, 0.25) is 0 Å². The van der Waals surface area contributed by atoms with Crippen molar-refractivity contribution in [3.8, 4) is 50.2 Å². The minimum atomic E-state index is 1.17. The lowest BCUT2D eigenvalue weighted by atomic mass is 9.84. The molecule has 0 unspecified atom stereocenters. The minimum absolute atomic E-state index is 1.17. The van der Waals surface area contributed by atoms with Gasteiger partial charge in [-0.25, -0.2) is 0 Å². The van der Waals surface area contributed by atoms with Crippen LogP contribution in [0.4, 0.5) is 0 Å². The lowest BCUT2D eigenvalue weighted by Crippen LogP contribution is -1.94. The van der Waals surface area contributed by atoms with Crippen molar-refractivity contribution in [3.05, 3.63) is 212 Å². The Morgan fingerprint density at radius 3 is 1.42 bits per heavy atom. The third-order valence-corrected chi connectivity index (χ3v) is 11.4. The molecule has 256 valence electrons. The maximum absolute atomic E-state index is 2.43. The van der Waals surface area contributed by atoms with E-state index in [1.807, 2.05) is 0 Å². The highest BCUT2D eigenvalue weighted by Gasteiger charge is 2.20. The van der Waals surface area contributed by atoms with Crippen LogP contribution >= 0.6 is 0 Å². The molecule has 10 aromatic carbocycles. The van der Waals surface area contributed by atoms with E-state index in [-0.39, 0.29) is 0 Å². The second kappa shape index (κ2) is 12.7. The predicted molar refractivity (Wildman–Crippen MR) is 235 cm³/mol. The van der Waals surface area contributed by atoms with Crippen LogP contribution in [-0.2, 0) is 0 Å². The molecule has 0 bridgehead atoms. The third kappa shape index (κ3) is 5.01. The standard InChI is InChI=1S/C54H35N/c1-4-16-36(17-5-1)40-32-33-46-49(34-40)53(38-18-6-2-7-19-38)45-25-12-11-24-44(45)52(46)39-30-28-37(29-31-39)48-35-50-43-23-14-15-27-51(43)55(41-20-8-3-9-21-41)54(50)47-26-13-10-22-42(47)48/h1-35H. The smallest absolute Gasteiger partial charge is 0.0619 e. The van der Waals surface area contributed by atoms with Gasteiger partial charge in [-0.1, -0.05) is 182 Å². The Morgan fingerprint density at radius 2 is 0.727 bits per heavy atom. The number of para-hydroxylation sites is 2. The van der Waals surface area contributed by atoms with Crippen molar-refractivity contribution in [3.63, 3.8) is 0 Å². The van der Waals surface area contributed by atoms with Crippen molar-refractivity contribution in [2.24, 2.45) is 0 Å². The number of fused-ring (bicyclic) bond motifs is 7. The molecule has 0 saturated heterocycles. The van der Waals surface area contributed by atoms with Crippen LogP contribution in [0.25, 0.3) is 104 Å². The largest absolute Gasteiger partial charge is 0.309 e. The van der Waals surface area contributed by atoms with Gasteiger partial charge in [-0.3, -0.25) is 0 Å². The van der Waals surface area contributed by atoms with Crippen molar-refractivity contribution >= 4 is 54.1 Å². The summed E-state index contributed by atoms with van der Waals surface area (Å²) in [5.41, 5.74) is 13.5. The summed E-state index contributed by atoms with van der Waals surface area (Å²) in [4.78, 5) is 0. The summed E-state index contributed by atoms with van der Waals surface area (Å²) in [6.07, 6.45) is 0. The molecular formula is C54H35N. The van der Waals surface area contributed by atoms with E-state index in [0.717, 1.165) is 0 Å². The maximum atomic E-state index is 2.43. The molecule has 1 heterocycles. The van der Waals surface area contributed by atoms with Crippen molar-refractivity contribution in [2.45, 2.75) is 0 Å². The predicted octanol–water partition coefficient (Wildman–Crippen LogP) is 14.9. The molecule has 1 aromatic heterocycles. The van der Waals surface area contributed by atoms with E-state index in [9.17, 15) is 0 Å². The molecule has 0 amide bonds. The molecule has 1 nitrogen and oxygen atoms in total. The molecule has 11 rings (SSSR count). The van der Waals surface area contributed by atoms with Crippen LogP contribution in [-0.4, -0.2) is 4.57 Å². The van der Waals surface area contributed by atoms with Gasteiger partial charge >= 0.3 is 0 Å². The van der Waals surface area contributed by atoms with Crippen LogP contribution < -0.4 is 0 Å². The molecule has 55 heavy (non-hydrogen) atoms. The van der Waals surface area contributed by atoms with E-state index in [1.165, 1.54) is 104 Å². The molecule has 0 saturated carbocycles. The zero-order chi connectivity index (χ0) is 36.3. The highest BCUT2D eigenvalue weighted by molar-refractivity contribution is 6.23. The summed E-state index contributed by atoms with van der Waals surface area (Å²) in [6.45, 7) is 0. The van der Waals surface area contributed by atoms with E-state index in [1.54, 1.807) is 0 Å². The fourth-order valence-electron chi connectivity index (χ4n) is 8.94. The molecule has 0 aliphatic carbocycles. The maximum Gasteiger partial charge on any atom is 0.0619 e. The van der Waals surface area contributed by atoms with E-state index in [4.69, 9.17) is 0 Å². The van der Waals surface area contributed by atoms with Gasteiger partial charge in [-0.15, -0.1) is 0 Å². The second-order valence-electron chi connectivity index (χ2n) is 14.4. The van der Waals surface area contributed by atoms with Gasteiger partial charge in [-0.2, -0.15) is 0 Å². The van der Waals surface area contributed by atoms with Crippen LogP contribution in [0.15, 0.2) is 212 Å². The molecule has 11 aromatic rings. The Bertz CT molecular complexity index is 3210. The molecule has 0 spiro atoms. The fourth-order valence-corrected chi connectivity index (χ4v) is 8.94.